The Morgan fingerprint density at radius 1 is 1.27 bits per heavy atom. The van der Waals surface area contributed by atoms with Crippen molar-refractivity contribution in [3.05, 3.63) is 35.9 Å². The Kier molecular flexibility index (Phi) is 6.24. The molecule has 1 radical (unpaired) electrons. The van der Waals surface area contributed by atoms with Crippen molar-refractivity contribution in [1.29, 1.82) is 0 Å². The van der Waals surface area contributed by atoms with Gasteiger partial charge in [0.25, 0.3) is 0 Å². The van der Waals surface area contributed by atoms with Gasteiger partial charge in [0.2, 0.25) is 0 Å². The van der Waals surface area contributed by atoms with Crippen LogP contribution in [0.25, 0.3) is 0 Å². The maximum absolute atomic E-state index is 10.0. The van der Waals surface area contributed by atoms with E-state index in [4.69, 9.17) is 5.11 Å². The van der Waals surface area contributed by atoms with E-state index in [2.05, 4.69) is 0 Å². The number of carbonyl (C=O) groups is 1. The number of benzene rings is 1. The Morgan fingerprint density at radius 3 is 2.00 bits per heavy atom. The Morgan fingerprint density at radius 2 is 1.73 bits per heavy atom. The van der Waals surface area contributed by atoms with Gasteiger partial charge in [-0.3, -0.25) is 4.79 Å². The molecule has 1 rings (SSSR count). The van der Waals surface area contributed by atoms with E-state index in [1.807, 2.05) is 18.2 Å². The van der Waals surface area contributed by atoms with Crippen molar-refractivity contribution in [2.45, 2.75) is 6.92 Å². The summed E-state index contributed by atoms with van der Waals surface area (Å²) in [6, 6.07) is 9.10. The lowest BCUT2D eigenvalue weighted by Crippen LogP contribution is -1.73. The van der Waals surface area contributed by atoms with Gasteiger partial charge in [-0.25, -0.2) is 5.11 Å². The van der Waals surface area contributed by atoms with Gasteiger partial charge in [-0.05, 0) is 6.92 Å². The molecule has 2 heteroatoms. The fourth-order valence-corrected chi connectivity index (χ4v) is 0.532. The van der Waals surface area contributed by atoms with E-state index in [1.165, 1.54) is 0 Å². The molecule has 1 aromatic carbocycles. The van der Waals surface area contributed by atoms with E-state index in [0.29, 0.717) is 0 Å². The average molecular weight is 151 g/mol. The lowest BCUT2D eigenvalue weighted by molar-refractivity contribution is 0.112. The molecule has 0 unspecified atom stereocenters. The van der Waals surface area contributed by atoms with Gasteiger partial charge in [-0.2, -0.15) is 0 Å². The summed E-state index contributed by atoms with van der Waals surface area (Å²) in [4.78, 5) is 10.0. The van der Waals surface area contributed by atoms with Crippen molar-refractivity contribution in [2.24, 2.45) is 0 Å². The highest BCUT2D eigenvalue weighted by molar-refractivity contribution is 5.74. The van der Waals surface area contributed by atoms with Crippen LogP contribution in [0.2, 0.25) is 0 Å². The molecule has 0 aliphatic heterocycles. The van der Waals surface area contributed by atoms with Crippen molar-refractivity contribution in [3.8, 4) is 0 Å². The van der Waals surface area contributed by atoms with Gasteiger partial charge in [0.05, 0.1) is 6.61 Å². The second-order valence-corrected chi connectivity index (χ2v) is 1.82. The molecule has 0 N–H and O–H groups in total. The van der Waals surface area contributed by atoms with Crippen LogP contribution in [0.4, 0.5) is 0 Å². The molecule has 0 amide bonds. The molecule has 0 bridgehead atoms. The van der Waals surface area contributed by atoms with Crippen LogP contribution in [0.3, 0.4) is 0 Å². The van der Waals surface area contributed by atoms with Gasteiger partial charge in [0.15, 0.2) is 0 Å². The van der Waals surface area contributed by atoms with Crippen LogP contribution in [0, 0.1) is 0 Å². The van der Waals surface area contributed by atoms with Gasteiger partial charge in [-0.1, -0.05) is 30.3 Å². The molecule has 11 heavy (non-hydrogen) atoms. The fraction of sp³-hybridized carbons (Fsp3) is 0.222. The van der Waals surface area contributed by atoms with E-state index in [1.54, 1.807) is 19.1 Å². The van der Waals surface area contributed by atoms with Gasteiger partial charge in [0, 0.05) is 5.56 Å². The summed E-state index contributed by atoms with van der Waals surface area (Å²) in [5, 5.41) is 8.93. The second kappa shape index (κ2) is 6.96. The molecule has 1 aromatic rings. The molecule has 59 valence electrons. The Bertz CT molecular complexity index is 182. The smallest absolute Gasteiger partial charge is 0.150 e. The standard InChI is InChI=1S/C7H6O.C2H5O/c8-6-7-4-2-1-3-5-7;1-2-3/h1-6H;2H2,1H3. The van der Waals surface area contributed by atoms with E-state index in [0.717, 1.165) is 11.8 Å². The highest BCUT2D eigenvalue weighted by atomic mass is 16.2. The summed E-state index contributed by atoms with van der Waals surface area (Å²) < 4.78 is 0. The summed E-state index contributed by atoms with van der Waals surface area (Å²) in [5.74, 6) is 0. The topological polar surface area (TPSA) is 37.0 Å². The molecule has 0 saturated carbocycles. The minimum Gasteiger partial charge on any atom is -0.298 e. The lowest BCUT2D eigenvalue weighted by atomic mass is 10.2. The van der Waals surface area contributed by atoms with Crippen LogP contribution in [-0.2, 0) is 5.11 Å². The zero-order chi connectivity index (χ0) is 8.53. The highest BCUT2D eigenvalue weighted by Crippen LogP contribution is 1.91. The molecule has 0 aliphatic rings. The Balaban J connectivity index is 0.000000292. The Labute approximate surface area is 66.5 Å². The van der Waals surface area contributed by atoms with Gasteiger partial charge in [-0.15, -0.1) is 0 Å². The van der Waals surface area contributed by atoms with E-state index in [-0.39, 0.29) is 6.61 Å². The molecular formula is C9H11O2. The number of hydrogen-bond donors (Lipinski definition) is 0. The van der Waals surface area contributed by atoms with Crippen LogP contribution < -0.4 is 0 Å². The summed E-state index contributed by atoms with van der Waals surface area (Å²) in [6.45, 7) is 1.57. The highest BCUT2D eigenvalue weighted by Gasteiger charge is 1.79. The molecule has 0 spiro atoms. The largest absolute Gasteiger partial charge is 0.298 e. The van der Waals surface area contributed by atoms with Crippen LogP contribution in [0.15, 0.2) is 30.3 Å². The zero-order valence-corrected chi connectivity index (χ0v) is 6.49. The zero-order valence-electron chi connectivity index (χ0n) is 6.49. The summed E-state index contributed by atoms with van der Waals surface area (Å²) in [6.07, 6.45) is 0.833. The van der Waals surface area contributed by atoms with Gasteiger partial charge >= 0.3 is 0 Å². The first-order chi connectivity index (χ1) is 5.35. The SMILES string of the molecule is CC[O].O=Cc1ccccc1. The molecule has 2 nitrogen and oxygen atoms in total. The third-order valence-electron chi connectivity index (χ3n) is 0.936. The van der Waals surface area contributed by atoms with Crippen molar-refractivity contribution < 1.29 is 9.90 Å². The minimum atomic E-state index is 0. The number of rotatable bonds is 1. The summed E-state index contributed by atoms with van der Waals surface area (Å²) in [7, 11) is 0. The number of carbonyl (C=O) groups excluding carboxylic acids is 1. The summed E-state index contributed by atoms with van der Waals surface area (Å²) >= 11 is 0. The van der Waals surface area contributed by atoms with Crippen molar-refractivity contribution >= 4 is 6.29 Å². The predicted molar refractivity (Wildman–Crippen MR) is 43.1 cm³/mol. The molecular weight excluding hydrogens is 140 g/mol. The number of aldehydes is 1. The first kappa shape index (κ1) is 9.85. The molecule has 0 saturated heterocycles. The van der Waals surface area contributed by atoms with Crippen molar-refractivity contribution in [1.82, 2.24) is 0 Å². The second-order valence-electron chi connectivity index (χ2n) is 1.82. The third-order valence-corrected chi connectivity index (χ3v) is 0.936. The third kappa shape index (κ3) is 5.30. The van der Waals surface area contributed by atoms with E-state index < -0.39 is 0 Å². The number of hydrogen-bond acceptors (Lipinski definition) is 1. The average Bonchev–Trinajstić information content (AvgIpc) is 2.08. The molecule has 0 aliphatic carbocycles. The van der Waals surface area contributed by atoms with Crippen LogP contribution in [0.5, 0.6) is 0 Å². The molecule has 0 fully saturated rings. The normalized spacial score (nSPS) is 7.82. The van der Waals surface area contributed by atoms with E-state index >= 15 is 0 Å². The predicted octanol–water partition coefficient (Wildman–Crippen LogP) is 1.94. The van der Waals surface area contributed by atoms with Crippen LogP contribution in [0.1, 0.15) is 17.3 Å². The first-order valence-electron chi connectivity index (χ1n) is 3.43. The molecule has 0 heterocycles. The molecule has 0 aromatic heterocycles. The van der Waals surface area contributed by atoms with E-state index in [9.17, 15) is 4.79 Å². The molecule has 0 atom stereocenters. The maximum atomic E-state index is 10.0. The Hall–Kier alpha value is -1.15. The van der Waals surface area contributed by atoms with Crippen molar-refractivity contribution in [3.63, 3.8) is 0 Å². The van der Waals surface area contributed by atoms with Crippen molar-refractivity contribution in [2.75, 3.05) is 6.61 Å². The quantitative estimate of drug-likeness (QED) is 0.565. The van der Waals surface area contributed by atoms with Gasteiger partial charge < -0.3 is 0 Å². The fourth-order valence-electron chi connectivity index (χ4n) is 0.532. The minimum absolute atomic E-state index is 0. The van der Waals surface area contributed by atoms with Crippen LogP contribution >= 0.6 is 0 Å². The van der Waals surface area contributed by atoms with Crippen LogP contribution in [-0.4, -0.2) is 12.9 Å². The first-order valence-corrected chi connectivity index (χ1v) is 3.43. The summed E-state index contributed by atoms with van der Waals surface area (Å²) in [5.41, 5.74) is 0.729. The maximum Gasteiger partial charge on any atom is 0.150 e. The van der Waals surface area contributed by atoms with Gasteiger partial charge in [0.1, 0.15) is 6.29 Å². The monoisotopic (exact) mass is 151 g/mol. The lowest BCUT2D eigenvalue weighted by Gasteiger charge is -1.81.